The Hall–Kier alpha value is -2.65. The van der Waals surface area contributed by atoms with E-state index in [-0.39, 0.29) is 13.2 Å². The van der Waals surface area contributed by atoms with Crippen LogP contribution in [0, 0.1) is 5.92 Å². The zero-order valence-corrected chi connectivity index (χ0v) is 16.6. The van der Waals surface area contributed by atoms with Crippen molar-refractivity contribution in [2.75, 3.05) is 13.2 Å². The summed E-state index contributed by atoms with van der Waals surface area (Å²) in [4.78, 5) is 39.0. The molecule has 2 aliphatic rings. The second-order valence-electron chi connectivity index (χ2n) is 7.89. The van der Waals surface area contributed by atoms with Gasteiger partial charge in [-0.2, -0.15) is 0 Å². The summed E-state index contributed by atoms with van der Waals surface area (Å²) in [5.74, 6) is -1.63. The quantitative estimate of drug-likeness (QED) is 0.764. The van der Waals surface area contributed by atoms with Gasteiger partial charge in [0.1, 0.15) is 12.3 Å². The molecule has 158 valence electrons. The number of carboxylic acid groups (broad SMARTS) is 1. The van der Waals surface area contributed by atoms with Crippen molar-refractivity contribution in [1.82, 2.24) is 9.80 Å². The number of nitrogens with zero attached hydrogens (tertiary/aromatic N) is 2. The van der Waals surface area contributed by atoms with Crippen LogP contribution in [-0.4, -0.2) is 75.2 Å². The summed E-state index contributed by atoms with van der Waals surface area (Å²) in [6, 6.07) is 7.99. The first kappa shape index (κ1) is 21.1. The predicted molar refractivity (Wildman–Crippen MR) is 101 cm³/mol. The maximum Gasteiger partial charge on any atom is 0.416 e. The lowest BCUT2D eigenvalue weighted by Crippen LogP contribution is -2.55. The van der Waals surface area contributed by atoms with Crippen molar-refractivity contribution < 1.29 is 34.1 Å². The van der Waals surface area contributed by atoms with Gasteiger partial charge in [-0.15, -0.1) is 0 Å². The van der Waals surface area contributed by atoms with Crippen molar-refractivity contribution in [2.24, 2.45) is 5.92 Å². The van der Waals surface area contributed by atoms with Crippen LogP contribution >= 0.6 is 0 Å². The van der Waals surface area contributed by atoms with Crippen molar-refractivity contribution >= 4 is 18.1 Å². The van der Waals surface area contributed by atoms with Crippen LogP contribution in [0.25, 0.3) is 0 Å². The van der Waals surface area contributed by atoms with Gasteiger partial charge in [-0.05, 0) is 25.8 Å². The van der Waals surface area contributed by atoms with Gasteiger partial charge >= 0.3 is 12.2 Å². The molecule has 4 atom stereocenters. The van der Waals surface area contributed by atoms with Gasteiger partial charge < -0.3 is 19.7 Å². The number of ether oxygens (including phenoxy) is 2. The molecule has 29 heavy (non-hydrogen) atoms. The molecule has 1 aromatic rings. The third-order valence-electron chi connectivity index (χ3n) is 5.53. The number of imide groups is 1. The highest BCUT2D eigenvalue weighted by Gasteiger charge is 2.50. The molecule has 2 saturated heterocycles. The summed E-state index contributed by atoms with van der Waals surface area (Å²) in [6.45, 7) is 4.66. The van der Waals surface area contributed by atoms with Gasteiger partial charge in [-0.3, -0.25) is 9.69 Å². The molecule has 1 aromatic carbocycles. The number of hydrogen-bond donors (Lipinski definition) is 2. The van der Waals surface area contributed by atoms with Crippen LogP contribution in [0.15, 0.2) is 30.3 Å². The van der Waals surface area contributed by atoms with Crippen LogP contribution in [0.4, 0.5) is 9.59 Å². The number of rotatable bonds is 5. The zero-order valence-electron chi connectivity index (χ0n) is 16.6. The number of carbonyl (C=O) groups is 3. The van der Waals surface area contributed by atoms with Gasteiger partial charge in [-0.1, -0.05) is 37.3 Å². The Kier molecular flexibility index (Phi) is 5.81. The average molecular weight is 406 g/mol. The van der Waals surface area contributed by atoms with E-state index in [1.807, 2.05) is 30.3 Å². The van der Waals surface area contributed by atoms with Crippen LogP contribution in [-0.2, 0) is 20.7 Å². The number of hydrogen-bond acceptors (Lipinski definition) is 6. The Morgan fingerprint density at radius 1 is 1.24 bits per heavy atom. The molecular weight excluding hydrogens is 380 g/mol. The minimum Gasteiger partial charge on any atom is -0.465 e. The molecule has 0 aromatic heterocycles. The van der Waals surface area contributed by atoms with E-state index >= 15 is 0 Å². The number of cyclic esters (lactones) is 1. The van der Waals surface area contributed by atoms with E-state index in [1.54, 1.807) is 13.8 Å². The molecule has 0 aliphatic carbocycles. The Labute approximate surface area is 168 Å². The number of aliphatic hydroxyl groups is 1. The molecule has 0 unspecified atom stereocenters. The predicted octanol–water partition coefficient (Wildman–Crippen LogP) is 1.69. The van der Waals surface area contributed by atoms with Crippen molar-refractivity contribution in [3.63, 3.8) is 0 Å². The molecule has 2 heterocycles. The fourth-order valence-electron chi connectivity index (χ4n) is 3.92. The Morgan fingerprint density at radius 3 is 2.52 bits per heavy atom. The van der Waals surface area contributed by atoms with Crippen LogP contribution < -0.4 is 0 Å². The van der Waals surface area contributed by atoms with E-state index in [0.717, 1.165) is 15.4 Å². The fourth-order valence-corrected chi connectivity index (χ4v) is 3.92. The Bertz CT molecular complexity index is 782. The van der Waals surface area contributed by atoms with Gasteiger partial charge in [0.2, 0.25) is 5.91 Å². The van der Waals surface area contributed by atoms with Crippen molar-refractivity contribution in [3.05, 3.63) is 35.9 Å². The minimum absolute atomic E-state index is 0.0457. The summed E-state index contributed by atoms with van der Waals surface area (Å²) >= 11 is 0. The summed E-state index contributed by atoms with van der Waals surface area (Å²) < 4.78 is 10.6. The minimum atomic E-state index is -1.34. The molecule has 0 bridgehead atoms. The van der Waals surface area contributed by atoms with E-state index in [1.165, 1.54) is 6.92 Å². The number of carbonyl (C=O) groups excluding carboxylic acids is 2. The average Bonchev–Trinajstić information content (AvgIpc) is 3.19. The normalized spacial score (nSPS) is 25.6. The highest BCUT2D eigenvalue weighted by molar-refractivity contribution is 5.95. The molecule has 3 amide bonds. The number of amides is 3. The monoisotopic (exact) mass is 406 g/mol. The van der Waals surface area contributed by atoms with Crippen LogP contribution in [0.3, 0.4) is 0 Å². The molecule has 2 fully saturated rings. The van der Waals surface area contributed by atoms with Gasteiger partial charge in [-0.25, -0.2) is 14.5 Å². The first-order valence-corrected chi connectivity index (χ1v) is 9.51. The van der Waals surface area contributed by atoms with E-state index in [0.29, 0.717) is 6.42 Å². The third kappa shape index (κ3) is 4.06. The van der Waals surface area contributed by atoms with Gasteiger partial charge in [0.25, 0.3) is 0 Å². The second kappa shape index (κ2) is 8.00. The number of benzene rings is 1. The third-order valence-corrected chi connectivity index (χ3v) is 5.53. The highest BCUT2D eigenvalue weighted by Crippen LogP contribution is 2.32. The SMILES string of the molecule is C[C@@H](C(=O)N1C(=O)OC[C@H]1Cc1ccccc1)[C@@H](O)[C@H]1COC(C)(C)N1C(=O)O. The molecule has 2 N–H and O–H groups in total. The van der Waals surface area contributed by atoms with E-state index in [2.05, 4.69) is 0 Å². The first-order chi connectivity index (χ1) is 13.6. The number of aliphatic hydroxyl groups excluding tert-OH is 1. The molecular formula is C20H26N2O7. The smallest absolute Gasteiger partial charge is 0.416 e. The standard InChI is InChI=1S/C20H26N2O7/c1-12(16(23)15-11-29-20(2,3)22(15)18(25)26)17(24)21-14(10-28-19(21)27)9-13-7-5-4-6-8-13/h4-8,12,14-16,23H,9-11H2,1-3H3,(H,25,26)/t12-,14-,15-,16-/m1/s1. The molecule has 9 nitrogen and oxygen atoms in total. The second-order valence-corrected chi connectivity index (χ2v) is 7.89. The van der Waals surface area contributed by atoms with Crippen LogP contribution in [0.1, 0.15) is 26.3 Å². The highest BCUT2D eigenvalue weighted by atomic mass is 16.6. The lowest BCUT2D eigenvalue weighted by molar-refractivity contribution is -0.138. The van der Waals surface area contributed by atoms with E-state index in [9.17, 15) is 24.6 Å². The Balaban J connectivity index is 1.75. The largest absolute Gasteiger partial charge is 0.465 e. The molecule has 0 radical (unpaired) electrons. The molecule has 0 spiro atoms. The Morgan fingerprint density at radius 2 is 1.90 bits per heavy atom. The lowest BCUT2D eigenvalue weighted by Gasteiger charge is -2.35. The topological polar surface area (TPSA) is 117 Å². The maximum atomic E-state index is 13.1. The fraction of sp³-hybridized carbons (Fsp3) is 0.550. The molecule has 0 saturated carbocycles. The van der Waals surface area contributed by atoms with Crippen molar-refractivity contribution in [1.29, 1.82) is 0 Å². The summed E-state index contributed by atoms with van der Waals surface area (Å²) in [6.07, 6.45) is -2.92. The molecule has 9 heteroatoms. The van der Waals surface area contributed by atoms with E-state index < -0.39 is 47.9 Å². The van der Waals surface area contributed by atoms with Crippen molar-refractivity contribution in [3.8, 4) is 0 Å². The van der Waals surface area contributed by atoms with Gasteiger partial charge in [0.05, 0.1) is 30.7 Å². The molecule has 3 rings (SSSR count). The summed E-state index contributed by atoms with van der Waals surface area (Å²) in [7, 11) is 0. The zero-order chi connectivity index (χ0) is 21.3. The van der Waals surface area contributed by atoms with Gasteiger partial charge in [0, 0.05) is 0 Å². The maximum absolute atomic E-state index is 13.1. The van der Waals surface area contributed by atoms with Crippen LogP contribution in [0.2, 0.25) is 0 Å². The van der Waals surface area contributed by atoms with Crippen molar-refractivity contribution in [2.45, 2.75) is 51.1 Å². The lowest BCUT2D eigenvalue weighted by atomic mass is 9.94. The summed E-state index contributed by atoms with van der Waals surface area (Å²) in [5, 5.41) is 20.3. The summed E-state index contributed by atoms with van der Waals surface area (Å²) in [5.41, 5.74) is -0.173. The molecule has 2 aliphatic heterocycles. The van der Waals surface area contributed by atoms with E-state index in [4.69, 9.17) is 9.47 Å². The van der Waals surface area contributed by atoms with Crippen LogP contribution in [0.5, 0.6) is 0 Å². The van der Waals surface area contributed by atoms with Gasteiger partial charge in [0.15, 0.2) is 0 Å². The first-order valence-electron chi connectivity index (χ1n) is 9.51.